The molecule has 1 unspecified atom stereocenters. The molecule has 184 valence electrons. The van der Waals surface area contributed by atoms with E-state index in [0.29, 0.717) is 37.2 Å². The first-order valence-electron chi connectivity index (χ1n) is 13.1. The molecule has 1 heterocycles. The van der Waals surface area contributed by atoms with Crippen molar-refractivity contribution < 1.29 is 19.1 Å². The minimum absolute atomic E-state index is 0.0688. The van der Waals surface area contributed by atoms with E-state index < -0.39 is 0 Å². The van der Waals surface area contributed by atoms with Crippen LogP contribution in [0.2, 0.25) is 0 Å². The monoisotopic (exact) mass is 467 g/mol. The highest BCUT2D eigenvalue weighted by molar-refractivity contribution is 6.03. The van der Waals surface area contributed by atoms with Crippen LogP contribution in [0.5, 0.6) is 0 Å². The van der Waals surface area contributed by atoms with Crippen molar-refractivity contribution >= 4 is 23.4 Å². The maximum Gasteiger partial charge on any atom is 0.253 e. The molecular weight excluding hydrogens is 430 g/mol. The topological polar surface area (TPSA) is 96.5 Å². The van der Waals surface area contributed by atoms with Gasteiger partial charge in [-0.1, -0.05) is 12.1 Å². The lowest BCUT2D eigenvalue weighted by molar-refractivity contribution is -0.146. The van der Waals surface area contributed by atoms with Crippen molar-refractivity contribution in [3.05, 3.63) is 29.8 Å². The van der Waals surface area contributed by atoms with E-state index in [9.17, 15) is 14.4 Å². The molecule has 3 N–H and O–H groups in total. The fraction of sp³-hybridized carbons (Fsp3) is 0.667. The molecule has 1 aliphatic heterocycles. The van der Waals surface area contributed by atoms with Crippen molar-refractivity contribution in [3.63, 3.8) is 0 Å². The molecule has 6 rings (SSSR count). The summed E-state index contributed by atoms with van der Waals surface area (Å²) < 4.78 is 5.56. The number of nitrogens with one attached hydrogen (secondary N) is 3. The molecule has 34 heavy (non-hydrogen) atoms. The van der Waals surface area contributed by atoms with E-state index in [0.717, 1.165) is 56.5 Å². The van der Waals surface area contributed by atoms with Crippen molar-refractivity contribution in [2.45, 2.75) is 70.3 Å². The van der Waals surface area contributed by atoms with Crippen LogP contribution in [0.3, 0.4) is 0 Å². The number of hydrogen-bond donors (Lipinski definition) is 3. The van der Waals surface area contributed by atoms with Crippen LogP contribution in [0.4, 0.5) is 5.69 Å². The van der Waals surface area contributed by atoms with Gasteiger partial charge in [0, 0.05) is 31.5 Å². The molecule has 1 atom stereocenters. The molecule has 7 nitrogen and oxygen atoms in total. The molecule has 0 aromatic heterocycles. The molecule has 4 saturated carbocycles. The smallest absolute Gasteiger partial charge is 0.253 e. The van der Waals surface area contributed by atoms with Crippen LogP contribution in [0.15, 0.2) is 24.3 Å². The molecule has 3 amide bonds. The lowest BCUT2D eigenvalue weighted by Gasteiger charge is -2.55. The zero-order valence-corrected chi connectivity index (χ0v) is 19.9. The lowest BCUT2D eigenvalue weighted by Crippen LogP contribution is -2.53. The quantitative estimate of drug-likeness (QED) is 0.483. The van der Waals surface area contributed by atoms with Gasteiger partial charge < -0.3 is 20.7 Å². The first kappa shape index (κ1) is 23.3. The standard InChI is InChI=1S/C27H37N3O4/c31-24(30-23-7-2-1-6-22(23)25(32)29-17-21-5-4-10-34-21)8-3-9-28-26(33)27-14-18-11-19(15-27)13-20(12-18)16-27/h1-2,6-7,18-21H,3-5,8-17H2,(H,28,33)(H,29,32)(H,30,31). The van der Waals surface area contributed by atoms with Crippen LogP contribution in [-0.2, 0) is 14.3 Å². The van der Waals surface area contributed by atoms with Crippen molar-refractivity contribution in [2.24, 2.45) is 23.2 Å². The van der Waals surface area contributed by atoms with Gasteiger partial charge in [0.05, 0.1) is 17.4 Å². The summed E-state index contributed by atoms with van der Waals surface area (Å²) >= 11 is 0. The Bertz CT molecular complexity index is 889. The van der Waals surface area contributed by atoms with Gasteiger partial charge >= 0.3 is 0 Å². The van der Waals surface area contributed by atoms with E-state index in [1.807, 2.05) is 0 Å². The van der Waals surface area contributed by atoms with E-state index in [-0.39, 0.29) is 29.2 Å². The van der Waals surface area contributed by atoms with Crippen LogP contribution >= 0.6 is 0 Å². The van der Waals surface area contributed by atoms with Gasteiger partial charge in [-0.25, -0.2) is 0 Å². The largest absolute Gasteiger partial charge is 0.376 e. The highest BCUT2D eigenvalue weighted by Gasteiger charge is 2.54. The predicted molar refractivity (Wildman–Crippen MR) is 129 cm³/mol. The Hall–Kier alpha value is -2.41. The third-order valence-corrected chi connectivity index (χ3v) is 8.35. The van der Waals surface area contributed by atoms with E-state index in [1.165, 1.54) is 19.3 Å². The number of rotatable bonds is 9. The minimum Gasteiger partial charge on any atom is -0.376 e. The van der Waals surface area contributed by atoms with Gasteiger partial charge in [0.25, 0.3) is 5.91 Å². The van der Waals surface area contributed by atoms with Gasteiger partial charge in [-0.2, -0.15) is 0 Å². The molecule has 1 aromatic rings. The van der Waals surface area contributed by atoms with Crippen LogP contribution in [0.25, 0.3) is 0 Å². The van der Waals surface area contributed by atoms with Gasteiger partial charge in [-0.3, -0.25) is 14.4 Å². The Balaban J connectivity index is 1.06. The van der Waals surface area contributed by atoms with Gasteiger partial charge in [-0.15, -0.1) is 0 Å². The summed E-state index contributed by atoms with van der Waals surface area (Å²) in [7, 11) is 0. The summed E-state index contributed by atoms with van der Waals surface area (Å²) in [5.74, 6) is 2.07. The SMILES string of the molecule is O=C(CCCNC(=O)C12CC3CC(CC(C3)C1)C2)Nc1ccccc1C(=O)NCC1CCCO1. The summed E-state index contributed by atoms with van der Waals surface area (Å²) in [4.78, 5) is 38.2. The van der Waals surface area contributed by atoms with E-state index in [4.69, 9.17) is 4.74 Å². The second-order valence-electron chi connectivity index (χ2n) is 11.0. The van der Waals surface area contributed by atoms with Crippen molar-refractivity contribution in [1.29, 1.82) is 0 Å². The van der Waals surface area contributed by atoms with Crippen LogP contribution in [0.1, 0.15) is 74.6 Å². The van der Waals surface area contributed by atoms with Crippen LogP contribution in [-0.4, -0.2) is 43.5 Å². The maximum absolute atomic E-state index is 13.0. The van der Waals surface area contributed by atoms with E-state index in [1.54, 1.807) is 24.3 Å². The Morgan fingerprint density at radius 2 is 1.68 bits per heavy atom. The molecule has 7 heteroatoms. The third-order valence-electron chi connectivity index (χ3n) is 8.35. The number of amides is 3. The Kier molecular flexibility index (Phi) is 6.91. The van der Waals surface area contributed by atoms with Gasteiger partial charge in [-0.05, 0) is 87.7 Å². The summed E-state index contributed by atoms with van der Waals surface area (Å²) in [5, 5.41) is 8.92. The molecule has 0 spiro atoms. The Labute approximate surface area is 201 Å². The first-order valence-corrected chi connectivity index (χ1v) is 13.1. The normalized spacial score (nSPS) is 31.3. The minimum atomic E-state index is -0.214. The number of ether oxygens (including phenoxy) is 1. The van der Waals surface area contributed by atoms with Gasteiger partial charge in [0.15, 0.2) is 0 Å². The number of anilines is 1. The molecule has 4 aliphatic carbocycles. The maximum atomic E-state index is 13.0. The van der Waals surface area contributed by atoms with Crippen molar-refractivity contribution in [2.75, 3.05) is 25.0 Å². The predicted octanol–water partition coefficient (Wildman–Crippen LogP) is 3.65. The third kappa shape index (κ3) is 5.14. The van der Waals surface area contributed by atoms with Gasteiger partial charge in [0.2, 0.25) is 11.8 Å². The number of carbonyl (C=O) groups is 3. The number of carbonyl (C=O) groups excluding carboxylic acids is 3. The Morgan fingerprint density at radius 1 is 0.971 bits per heavy atom. The van der Waals surface area contributed by atoms with Crippen LogP contribution in [0, 0.1) is 23.2 Å². The molecule has 0 radical (unpaired) electrons. The Morgan fingerprint density at radius 3 is 2.35 bits per heavy atom. The number of hydrogen-bond acceptors (Lipinski definition) is 4. The zero-order valence-electron chi connectivity index (χ0n) is 19.9. The lowest BCUT2D eigenvalue weighted by atomic mass is 9.49. The number of para-hydroxylation sites is 1. The second kappa shape index (κ2) is 10.1. The molecular formula is C27H37N3O4. The molecule has 5 fully saturated rings. The summed E-state index contributed by atoms with van der Waals surface area (Å²) in [6.07, 6.45) is 10.0. The molecule has 1 saturated heterocycles. The summed E-state index contributed by atoms with van der Waals surface area (Å²) in [6, 6.07) is 7.05. The molecule has 5 aliphatic rings. The average Bonchev–Trinajstić information content (AvgIpc) is 3.33. The summed E-state index contributed by atoms with van der Waals surface area (Å²) in [5.41, 5.74) is 0.811. The van der Waals surface area contributed by atoms with E-state index >= 15 is 0 Å². The average molecular weight is 468 g/mol. The molecule has 1 aromatic carbocycles. The van der Waals surface area contributed by atoms with Crippen LogP contribution < -0.4 is 16.0 Å². The summed E-state index contributed by atoms with van der Waals surface area (Å²) in [6.45, 7) is 1.73. The highest BCUT2D eigenvalue weighted by Crippen LogP contribution is 2.60. The van der Waals surface area contributed by atoms with E-state index in [2.05, 4.69) is 16.0 Å². The highest BCUT2D eigenvalue weighted by atomic mass is 16.5. The van der Waals surface area contributed by atoms with Crippen molar-refractivity contribution in [3.8, 4) is 0 Å². The fourth-order valence-electron chi connectivity index (χ4n) is 7.14. The zero-order chi connectivity index (χ0) is 23.5. The number of benzene rings is 1. The van der Waals surface area contributed by atoms with Crippen molar-refractivity contribution in [1.82, 2.24) is 10.6 Å². The first-order chi connectivity index (χ1) is 16.5. The fourth-order valence-corrected chi connectivity index (χ4v) is 7.14. The second-order valence-corrected chi connectivity index (χ2v) is 11.0. The van der Waals surface area contributed by atoms with Gasteiger partial charge in [0.1, 0.15) is 0 Å². The molecule has 4 bridgehead atoms.